The number of benzene rings is 4. The Morgan fingerprint density at radius 3 is 2.15 bits per heavy atom. The Hall–Kier alpha value is -3.32. The summed E-state index contributed by atoms with van der Waals surface area (Å²) in [4.78, 5) is 2.43. The van der Waals surface area contributed by atoms with E-state index in [1.165, 1.54) is 33.4 Å². The minimum atomic E-state index is -0.351. The van der Waals surface area contributed by atoms with Crippen LogP contribution >= 0.6 is 0 Å². The van der Waals surface area contributed by atoms with Crippen molar-refractivity contribution in [3.63, 3.8) is 0 Å². The van der Waals surface area contributed by atoms with Crippen molar-refractivity contribution in [2.75, 3.05) is 4.90 Å². The molecule has 0 bridgehead atoms. The molecular formula is C33H35N. The van der Waals surface area contributed by atoms with Gasteiger partial charge in [0.15, 0.2) is 0 Å². The Kier molecular flexibility index (Phi) is 5.10. The Morgan fingerprint density at radius 2 is 1.44 bits per heavy atom. The van der Waals surface area contributed by atoms with Crippen LogP contribution in [0.2, 0.25) is 0 Å². The van der Waals surface area contributed by atoms with Gasteiger partial charge in [0.1, 0.15) is 0 Å². The quantitative estimate of drug-likeness (QED) is 0.302. The van der Waals surface area contributed by atoms with Gasteiger partial charge in [-0.3, -0.25) is 0 Å². The molecule has 5 rings (SSSR count). The topological polar surface area (TPSA) is 3.24 Å². The summed E-state index contributed by atoms with van der Waals surface area (Å²) in [5.74, 6) is 0. The largest absolute Gasteiger partial charge is 0.336 e. The molecule has 1 heteroatoms. The second kappa shape index (κ2) is 8.17. The van der Waals surface area contributed by atoms with E-state index in [0.717, 1.165) is 16.9 Å². The van der Waals surface area contributed by atoms with E-state index in [2.05, 4.69) is 131 Å². The molecule has 1 aliphatic rings. The number of anilines is 2. The lowest BCUT2D eigenvalue weighted by Gasteiger charge is -2.40. The van der Waals surface area contributed by atoms with Crippen LogP contribution in [0, 0.1) is 0 Å². The summed E-state index contributed by atoms with van der Waals surface area (Å²) in [5.41, 5.74) is 10.7. The van der Waals surface area contributed by atoms with Crippen molar-refractivity contribution in [2.24, 2.45) is 0 Å². The van der Waals surface area contributed by atoms with Gasteiger partial charge in [-0.15, -0.1) is 0 Å². The summed E-state index contributed by atoms with van der Waals surface area (Å²) in [6.07, 6.45) is -0.351. The molecule has 1 nitrogen and oxygen atoms in total. The van der Waals surface area contributed by atoms with Crippen molar-refractivity contribution in [1.82, 2.24) is 0 Å². The summed E-state index contributed by atoms with van der Waals surface area (Å²) in [6, 6.07) is 32.6. The Labute approximate surface area is 206 Å². The molecule has 0 amide bonds. The zero-order valence-electron chi connectivity index (χ0n) is 22.2. The first kappa shape index (κ1) is 21.2. The van der Waals surface area contributed by atoms with Gasteiger partial charge < -0.3 is 4.90 Å². The van der Waals surface area contributed by atoms with E-state index in [-0.39, 0.29) is 17.4 Å². The Morgan fingerprint density at radius 1 is 0.765 bits per heavy atom. The fraction of sp³-hybridized carbons (Fsp3) is 0.273. The van der Waals surface area contributed by atoms with Crippen LogP contribution in [0.1, 0.15) is 59.6 Å². The molecule has 34 heavy (non-hydrogen) atoms. The molecule has 1 atom stereocenters. The van der Waals surface area contributed by atoms with E-state index in [1.54, 1.807) is 0 Å². The highest BCUT2D eigenvalue weighted by molar-refractivity contribution is 5.86. The SMILES string of the molecule is [2H]C(C)c1c(N(c2cccc(-c3ccccc3)c2)C(C)(C)C)ccc2c1C(C)(C)c1ccccc1-2. The van der Waals surface area contributed by atoms with E-state index in [4.69, 9.17) is 1.37 Å². The third-order valence-electron chi connectivity index (χ3n) is 7.15. The third kappa shape index (κ3) is 3.55. The molecule has 0 N–H and O–H groups in total. The van der Waals surface area contributed by atoms with Gasteiger partial charge in [-0.25, -0.2) is 0 Å². The van der Waals surface area contributed by atoms with Gasteiger partial charge in [0.25, 0.3) is 0 Å². The standard InChI is InChI=1S/C33H35N/c1-7-26-30(21-20-28-27-18-11-12-19-29(27)33(5,6)31(26)28)34(32(2,3)4)25-17-13-16-24(22-25)23-14-9-8-10-15-23/h8-22H,7H2,1-6H3/i7D. The number of hydrogen-bond acceptors (Lipinski definition) is 1. The summed E-state index contributed by atoms with van der Waals surface area (Å²) < 4.78 is 9.02. The maximum atomic E-state index is 9.02. The summed E-state index contributed by atoms with van der Waals surface area (Å²) >= 11 is 0. The second-order valence-corrected chi connectivity index (χ2v) is 10.8. The maximum Gasteiger partial charge on any atom is 0.0451 e. The average Bonchev–Trinajstić information content (AvgIpc) is 3.06. The molecule has 0 aromatic heterocycles. The normalized spacial score (nSPS) is 15.3. The Balaban J connectivity index is 1.75. The van der Waals surface area contributed by atoms with Gasteiger partial charge in [0, 0.05) is 23.7 Å². The van der Waals surface area contributed by atoms with Gasteiger partial charge in [0.2, 0.25) is 0 Å². The van der Waals surface area contributed by atoms with Crippen molar-refractivity contribution in [1.29, 1.82) is 0 Å². The first-order valence-corrected chi connectivity index (χ1v) is 12.3. The van der Waals surface area contributed by atoms with Crippen molar-refractivity contribution in [3.05, 3.63) is 108 Å². The predicted octanol–water partition coefficient (Wildman–Crippen LogP) is 9.16. The first-order chi connectivity index (χ1) is 16.6. The molecule has 0 saturated carbocycles. The molecule has 172 valence electrons. The maximum absolute atomic E-state index is 9.02. The van der Waals surface area contributed by atoms with Gasteiger partial charge in [-0.1, -0.05) is 93.6 Å². The zero-order valence-corrected chi connectivity index (χ0v) is 21.2. The Bertz CT molecular complexity index is 1380. The van der Waals surface area contributed by atoms with E-state index >= 15 is 0 Å². The molecular weight excluding hydrogens is 410 g/mol. The van der Waals surface area contributed by atoms with Crippen LogP contribution in [-0.4, -0.2) is 5.54 Å². The average molecular weight is 447 g/mol. The highest BCUT2D eigenvalue weighted by Crippen LogP contribution is 2.53. The van der Waals surface area contributed by atoms with Crippen LogP contribution in [-0.2, 0) is 11.8 Å². The predicted molar refractivity (Wildman–Crippen MR) is 147 cm³/mol. The number of hydrogen-bond donors (Lipinski definition) is 0. The van der Waals surface area contributed by atoms with Gasteiger partial charge >= 0.3 is 0 Å². The highest BCUT2D eigenvalue weighted by Gasteiger charge is 2.39. The molecule has 0 aliphatic heterocycles. The third-order valence-corrected chi connectivity index (χ3v) is 7.15. The van der Waals surface area contributed by atoms with Crippen LogP contribution < -0.4 is 4.90 Å². The lowest BCUT2D eigenvalue weighted by molar-refractivity contribution is 0.557. The van der Waals surface area contributed by atoms with E-state index in [1.807, 2.05) is 6.92 Å². The van der Waals surface area contributed by atoms with Crippen molar-refractivity contribution in [3.8, 4) is 22.3 Å². The van der Waals surface area contributed by atoms with E-state index in [0.29, 0.717) is 0 Å². The monoisotopic (exact) mass is 446 g/mol. The van der Waals surface area contributed by atoms with E-state index in [9.17, 15) is 0 Å². The minimum absolute atomic E-state index is 0.151. The molecule has 0 spiro atoms. The number of fused-ring (bicyclic) bond motifs is 3. The molecule has 0 fully saturated rings. The van der Waals surface area contributed by atoms with Crippen molar-refractivity contribution < 1.29 is 1.37 Å². The lowest BCUT2D eigenvalue weighted by atomic mass is 9.79. The molecule has 1 aliphatic carbocycles. The van der Waals surface area contributed by atoms with Crippen LogP contribution in [0.3, 0.4) is 0 Å². The van der Waals surface area contributed by atoms with Gasteiger partial charge in [-0.2, -0.15) is 0 Å². The van der Waals surface area contributed by atoms with Crippen LogP contribution in [0.4, 0.5) is 11.4 Å². The minimum Gasteiger partial charge on any atom is -0.336 e. The van der Waals surface area contributed by atoms with Crippen molar-refractivity contribution in [2.45, 2.75) is 58.9 Å². The van der Waals surface area contributed by atoms with Crippen molar-refractivity contribution >= 4 is 11.4 Å². The summed E-state index contributed by atoms with van der Waals surface area (Å²) in [7, 11) is 0. The number of nitrogens with zero attached hydrogens (tertiary/aromatic N) is 1. The molecule has 4 aromatic rings. The molecule has 0 radical (unpaired) electrons. The summed E-state index contributed by atoms with van der Waals surface area (Å²) in [5, 5.41) is 0. The zero-order chi connectivity index (χ0) is 25.0. The molecule has 0 saturated heterocycles. The van der Waals surface area contributed by atoms with E-state index < -0.39 is 0 Å². The second-order valence-electron chi connectivity index (χ2n) is 10.8. The number of rotatable bonds is 4. The molecule has 4 aromatic carbocycles. The fourth-order valence-electron chi connectivity index (χ4n) is 5.73. The smallest absolute Gasteiger partial charge is 0.0451 e. The van der Waals surface area contributed by atoms with Crippen LogP contribution in [0.5, 0.6) is 0 Å². The first-order valence-electron chi connectivity index (χ1n) is 12.8. The molecule has 1 unspecified atom stereocenters. The van der Waals surface area contributed by atoms with Gasteiger partial charge in [-0.05, 0) is 84.3 Å². The highest BCUT2D eigenvalue weighted by atomic mass is 15.2. The fourth-order valence-corrected chi connectivity index (χ4v) is 5.73. The molecule has 0 heterocycles. The van der Waals surface area contributed by atoms with Gasteiger partial charge in [0.05, 0.1) is 0 Å². The van der Waals surface area contributed by atoms with Crippen LogP contribution in [0.25, 0.3) is 22.3 Å². The summed E-state index contributed by atoms with van der Waals surface area (Å²) in [6.45, 7) is 13.4. The van der Waals surface area contributed by atoms with Crippen LogP contribution in [0.15, 0.2) is 91.0 Å². The lowest BCUT2D eigenvalue weighted by Crippen LogP contribution is -2.38.